The van der Waals surface area contributed by atoms with E-state index in [9.17, 15) is 13.2 Å². The number of hydrazine groups is 1. The molecule has 1 fully saturated rings. The van der Waals surface area contributed by atoms with Crippen LogP contribution in [0.4, 0.5) is 5.69 Å². The van der Waals surface area contributed by atoms with Crippen LogP contribution < -0.4 is 15.2 Å². The van der Waals surface area contributed by atoms with Gasteiger partial charge in [0, 0.05) is 12.6 Å². The van der Waals surface area contributed by atoms with Crippen molar-refractivity contribution in [2.75, 3.05) is 17.5 Å². The summed E-state index contributed by atoms with van der Waals surface area (Å²) in [6.07, 6.45) is 0.666. The van der Waals surface area contributed by atoms with Gasteiger partial charge in [-0.25, -0.2) is 13.8 Å². The van der Waals surface area contributed by atoms with E-state index in [-0.39, 0.29) is 19.2 Å². The summed E-state index contributed by atoms with van der Waals surface area (Å²) in [6, 6.07) is 7.28. The Hall–Kier alpha value is -1.64. The third-order valence-electron chi connectivity index (χ3n) is 4.26. The summed E-state index contributed by atoms with van der Waals surface area (Å²) in [5, 5.41) is -1.03. The van der Waals surface area contributed by atoms with Crippen LogP contribution in [-0.4, -0.2) is 39.0 Å². The van der Waals surface area contributed by atoms with Gasteiger partial charge in [-0.15, -0.1) is 0 Å². The Morgan fingerprint density at radius 1 is 1.39 bits per heavy atom. The van der Waals surface area contributed by atoms with Gasteiger partial charge in [-0.3, -0.25) is 14.5 Å². The van der Waals surface area contributed by atoms with Crippen LogP contribution in [0.1, 0.15) is 19.4 Å². The van der Waals surface area contributed by atoms with Crippen molar-refractivity contribution in [3.05, 3.63) is 29.8 Å². The molecule has 2 aliphatic rings. The van der Waals surface area contributed by atoms with E-state index in [0.717, 1.165) is 5.56 Å². The molecule has 0 spiro atoms. The number of para-hydroxylation sites is 1. The van der Waals surface area contributed by atoms with E-state index in [2.05, 4.69) is 10.9 Å². The van der Waals surface area contributed by atoms with Crippen molar-refractivity contribution in [3.8, 4) is 0 Å². The number of ether oxygens (including phenoxy) is 1. The molecule has 2 aliphatic heterocycles. The molecule has 0 amide bonds. The number of fused-ring (bicyclic) bond motifs is 1. The second-order valence-corrected chi connectivity index (χ2v) is 7.76. The molecule has 0 aromatic heterocycles. The van der Waals surface area contributed by atoms with Gasteiger partial charge in [0.25, 0.3) is 10.0 Å². The Labute approximate surface area is 136 Å². The highest BCUT2D eigenvalue weighted by Gasteiger charge is 2.48. The average Bonchev–Trinajstić information content (AvgIpc) is 3.11. The standard InChI is InChI=1S/C15H21N3O4S/c1-3-22-15(19)12-9-16-17-14(12)23(20,21)18-10(2)8-11-6-4-5-7-13(11)18/h4-7,10,12,14,16-17H,3,8-9H2,1-2H3. The monoisotopic (exact) mass is 339 g/mol. The van der Waals surface area contributed by atoms with Crippen LogP contribution in [0.3, 0.4) is 0 Å². The second-order valence-electron chi connectivity index (χ2n) is 5.83. The molecule has 126 valence electrons. The van der Waals surface area contributed by atoms with Crippen LogP contribution in [0.2, 0.25) is 0 Å². The van der Waals surface area contributed by atoms with Gasteiger partial charge in [0.05, 0.1) is 12.3 Å². The molecule has 2 N–H and O–H groups in total. The number of esters is 1. The first kappa shape index (κ1) is 16.2. The maximum absolute atomic E-state index is 13.1. The first-order valence-corrected chi connectivity index (χ1v) is 9.23. The largest absolute Gasteiger partial charge is 0.466 e. The van der Waals surface area contributed by atoms with Gasteiger partial charge in [0.2, 0.25) is 0 Å². The molecule has 0 saturated carbocycles. The van der Waals surface area contributed by atoms with Gasteiger partial charge < -0.3 is 4.74 Å². The molecule has 2 heterocycles. The van der Waals surface area contributed by atoms with Crippen molar-refractivity contribution in [3.63, 3.8) is 0 Å². The second kappa shape index (κ2) is 6.10. The number of rotatable bonds is 4. The smallest absolute Gasteiger partial charge is 0.313 e. The first-order chi connectivity index (χ1) is 11.0. The molecule has 23 heavy (non-hydrogen) atoms. The van der Waals surface area contributed by atoms with E-state index in [1.54, 1.807) is 13.0 Å². The molecule has 1 aromatic carbocycles. The molecule has 3 atom stereocenters. The maximum Gasteiger partial charge on any atom is 0.313 e. The van der Waals surface area contributed by atoms with Crippen LogP contribution in [0.15, 0.2) is 24.3 Å². The zero-order valence-corrected chi connectivity index (χ0v) is 14.0. The zero-order valence-electron chi connectivity index (χ0n) is 13.2. The average molecular weight is 339 g/mol. The lowest BCUT2D eigenvalue weighted by molar-refractivity contribution is -0.147. The lowest BCUT2D eigenvalue weighted by atomic mass is 10.1. The van der Waals surface area contributed by atoms with Crippen LogP contribution in [0, 0.1) is 5.92 Å². The fourth-order valence-corrected chi connectivity index (χ4v) is 5.39. The topological polar surface area (TPSA) is 87.7 Å². The number of hydrogen-bond donors (Lipinski definition) is 2. The molecule has 0 radical (unpaired) electrons. The van der Waals surface area contributed by atoms with Crippen molar-refractivity contribution in [1.82, 2.24) is 10.9 Å². The summed E-state index contributed by atoms with van der Waals surface area (Å²) < 4.78 is 32.7. The lowest BCUT2D eigenvalue weighted by Crippen LogP contribution is -2.50. The molecular weight excluding hydrogens is 318 g/mol. The van der Waals surface area contributed by atoms with Crippen molar-refractivity contribution < 1.29 is 17.9 Å². The highest BCUT2D eigenvalue weighted by atomic mass is 32.2. The number of nitrogens with zero attached hydrogens (tertiary/aromatic N) is 1. The van der Waals surface area contributed by atoms with Gasteiger partial charge in [-0.05, 0) is 31.9 Å². The third kappa shape index (κ3) is 2.71. The van der Waals surface area contributed by atoms with E-state index in [1.807, 2.05) is 25.1 Å². The van der Waals surface area contributed by atoms with Crippen molar-refractivity contribution in [2.24, 2.45) is 5.92 Å². The van der Waals surface area contributed by atoms with Crippen LogP contribution in [0.5, 0.6) is 0 Å². The van der Waals surface area contributed by atoms with Crippen LogP contribution >= 0.6 is 0 Å². The Bertz CT molecular complexity index is 706. The fraction of sp³-hybridized carbons (Fsp3) is 0.533. The van der Waals surface area contributed by atoms with Crippen LogP contribution in [-0.2, 0) is 26.0 Å². The third-order valence-corrected chi connectivity index (χ3v) is 6.45. The summed E-state index contributed by atoms with van der Waals surface area (Å²) in [5.41, 5.74) is 7.20. The lowest BCUT2D eigenvalue weighted by Gasteiger charge is -2.29. The van der Waals surface area contributed by atoms with Gasteiger partial charge >= 0.3 is 5.97 Å². The number of benzene rings is 1. The van der Waals surface area contributed by atoms with E-state index in [0.29, 0.717) is 12.1 Å². The highest BCUT2D eigenvalue weighted by molar-refractivity contribution is 7.93. The van der Waals surface area contributed by atoms with E-state index < -0.39 is 27.3 Å². The number of hydrogen-bond acceptors (Lipinski definition) is 6. The maximum atomic E-state index is 13.1. The van der Waals surface area contributed by atoms with E-state index in [1.165, 1.54) is 4.31 Å². The SMILES string of the molecule is CCOC(=O)C1CNNC1S(=O)(=O)N1c2ccccc2CC1C. The summed E-state index contributed by atoms with van der Waals surface area (Å²) in [4.78, 5) is 12.1. The summed E-state index contributed by atoms with van der Waals surface area (Å²) in [6.45, 7) is 4.03. The summed E-state index contributed by atoms with van der Waals surface area (Å²) in [7, 11) is -3.75. The molecule has 0 bridgehead atoms. The van der Waals surface area contributed by atoms with Crippen molar-refractivity contribution in [2.45, 2.75) is 31.7 Å². The Balaban J connectivity index is 1.94. The Kier molecular flexibility index (Phi) is 4.31. The minimum Gasteiger partial charge on any atom is -0.466 e. The van der Waals surface area contributed by atoms with Gasteiger partial charge in [0.15, 0.2) is 5.37 Å². The van der Waals surface area contributed by atoms with E-state index in [4.69, 9.17) is 4.74 Å². The molecule has 3 unspecified atom stereocenters. The molecule has 7 nitrogen and oxygen atoms in total. The molecule has 8 heteroatoms. The van der Waals surface area contributed by atoms with Gasteiger partial charge in [0.1, 0.15) is 5.92 Å². The first-order valence-electron chi connectivity index (χ1n) is 7.73. The normalized spacial score (nSPS) is 27.0. The number of carbonyl (C=O) groups excluding carboxylic acids is 1. The molecular formula is C15H21N3O4S. The Morgan fingerprint density at radius 2 is 2.13 bits per heavy atom. The number of nitrogens with one attached hydrogen (secondary N) is 2. The predicted molar refractivity (Wildman–Crippen MR) is 86.1 cm³/mol. The molecule has 3 rings (SSSR count). The van der Waals surface area contributed by atoms with E-state index >= 15 is 0 Å². The fourth-order valence-electron chi connectivity index (χ4n) is 3.26. The minimum atomic E-state index is -3.75. The van der Waals surface area contributed by atoms with Gasteiger partial charge in [-0.1, -0.05) is 18.2 Å². The molecule has 1 aromatic rings. The zero-order chi connectivity index (χ0) is 16.6. The number of sulfonamides is 1. The molecule has 0 aliphatic carbocycles. The van der Waals surface area contributed by atoms with Crippen molar-refractivity contribution >= 4 is 21.7 Å². The van der Waals surface area contributed by atoms with Crippen molar-refractivity contribution in [1.29, 1.82) is 0 Å². The number of anilines is 1. The highest BCUT2D eigenvalue weighted by Crippen LogP contribution is 2.36. The van der Waals surface area contributed by atoms with Gasteiger partial charge in [-0.2, -0.15) is 0 Å². The summed E-state index contributed by atoms with van der Waals surface area (Å²) in [5.74, 6) is -1.27. The Morgan fingerprint density at radius 3 is 2.87 bits per heavy atom. The number of carbonyl (C=O) groups is 1. The molecule has 1 saturated heterocycles. The quantitative estimate of drug-likeness (QED) is 0.771. The summed E-state index contributed by atoms with van der Waals surface area (Å²) >= 11 is 0. The minimum absolute atomic E-state index is 0.178. The van der Waals surface area contributed by atoms with Crippen LogP contribution in [0.25, 0.3) is 0 Å². The predicted octanol–water partition coefficient (Wildman–Crippen LogP) is 0.381.